The van der Waals surface area contributed by atoms with Gasteiger partial charge >= 0.3 is 0 Å². The van der Waals surface area contributed by atoms with Gasteiger partial charge < -0.3 is 15.1 Å². The summed E-state index contributed by atoms with van der Waals surface area (Å²) >= 11 is 0. The molecule has 0 unspecified atom stereocenters. The molecular formula is C16H21N3O2. The van der Waals surface area contributed by atoms with Crippen molar-refractivity contribution in [3.05, 3.63) is 30.3 Å². The van der Waals surface area contributed by atoms with Crippen LogP contribution in [0.5, 0.6) is 0 Å². The summed E-state index contributed by atoms with van der Waals surface area (Å²) in [4.78, 5) is 27.7. The Hall–Kier alpha value is -2.04. The summed E-state index contributed by atoms with van der Waals surface area (Å²) in [6, 6.07) is 10.2. The average Bonchev–Trinajstić information content (AvgIpc) is 3.38. The first-order valence-electron chi connectivity index (χ1n) is 7.59. The molecule has 1 heterocycles. The van der Waals surface area contributed by atoms with E-state index in [4.69, 9.17) is 0 Å². The van der Waals surface area contributed by atoms with Crippen LogP contribution in [0.1, 0.15) is 12.8 Å². The van der Waals surface area contributed by atoms with E-state index in [-0.39, 0.29) is 24.3 Å². The number of rotatable bonds is 4. The van der Waals surface area contributed by atoms with E-state index in [9.17, 15) is 9.59 Å². The molecule has 0 aromatic heterocycles. The smallest absolute Gasteiger partial charge is 0.242 e. The second kappa shape index (κ2) is 6.16. The number of hydrogen-bond donors (Lipinski definition) is 1. The molecule has 5 nitrogen and oxygen atoms in total. The van der Waals surface area contributed by atoms with Gasteiger partial charge in [0.15, 0.2) is 0 Å². The van der Waals surface area contributed by atoms with Crippen LogP contribution >= 0.6 is 0 Å². The topological polar surface area (TPSA) is 52.7 Å². The zero-order chi connectivity index (χ0) is 14.7. The predicted molar refractivity (Wildman–Crippen MR) is 81.0 cm³/mol. The third kappa shape index (κ3) is 3.54. The Bertz CT molecular complexity index is 506. The van der Waals surface area contributed by atoms with Gasteiger partial charge in [-0.05, 0) is 25.0 Å². The van der Waals surface area contributed by atoms with Crippen LogP contribution in [0.3, 0.4) is 0 Å². The van der Waals surface area contributed by atoms with Gasteiger partial charge in [0.1, 0.15) is 0 Å². The molecule has 5 heteroatoms. The molecule has 0 atom stereocenters. The molecule has 1 saturated carbocycles. The van der Waals surface area contributed by atoms with Crippen molar-refractivity contribution >= 4 is 17.5 Å². The van der Waals surface area contributed by atoms with Gasteiger partial charge in [0.25, 0.3) is 0 Å². The molecule has 2 amide bonds. The fraction of sp³-hybridized carbons (Fsp3) is 0.500. The Labute approximate surface area is 124 Å². The van der Waals surface area contributed by atoms with Crippen LogP contribution in [0, 0.1) is 5.92 Å². The minimum absolute atomic E-state index is 0.0247. The number of benzene rings is 1. The molecule has 1 aliphatic carbocycles. The molecule has 1 N–H and O–H groups in total. The van der Waals surface area contributed by atoms with Gasteiger partial charge in [-0.15, -0.1) is 0 Å². The van der Waals surface area contributed by atoms with Gasteiger partial charge in [0, 0.05) is 37.8 Å². The summed E-state index contributed by atoms with van der Waals surface area (Å²) in [6.45, 7) is 3.25. The molecule has 2 aliphatic rings. The summed E-state index contributed by atoms with van der Waals surface area (Å²) in [6.07, 6.45) is 1.94. The fourth-order valence-corrected chi connectivity index (χ4v) is 2.62. The molecule has 1 aromatic rings. The normalized spacial score (nSPS) is 18.5. The molecule has 3 rings (SSSR count). The van der Waals surface area contributed by atoms with Crippen molar-refractivity contribution in [2.24, 2.45) is 5.92 Å². The highest BCUT2D eigenvalue weighted by atomic mass is 16.2. The first-order chi connectivity index (χ1) is 10.2. The van der Waals surface area contributed by atoms with E-state index in [1.807, 2.05) is 23.1 Å². The molecule has 1 aromatic carbocycles. The summed E-state index contributed by atoms with van der Waals surface area (Å²) in [5.41, 5.74) is 1.20. The van der Waals surface area contributed by atoms with Crippen molar-refractivity contribution in [1.82, 2.24) is 10.2 Å². The lowest BCUT2D eigenvalue weighted by Crippen LogP contribution is -2.51. The molecule has 0 bridgehead atoms. The van der Waals surface area contributed by atoms with E-state index in [1.165, 1.54) is 5.69 Å². The second-order valence-electron chi connectivity index (χ2n) is 5.70. The summed E-state index contributed by atoms with van der Waals surface area (Å²) < 4.78 is 0. The van der Waals surface area contributed by atoms with Crippen molar-refractivity contribution in [1.29, 1.82) is 0 Å². The standard InChI is InChI=1S/C16H21N3O2/c20-15(12-17-16(21)13-6-7-13)19-10-8-18(9-11-19)14-4-2-1-3-5-14/h1-5,13H,6-12H2,(H,17,21). The number of amides is 2. The van der Waals surface area contributed by atoms with Crippen LogP contribution in [0.2, 0.25) is 0 Å². The van der Waals surface area contributed by atoms with Crippen molar-refractivity contribution in [2.45, 2.75) is 12.8 Å². The SMILES string of the molecule is O=C(NCC(=O)N1CCN(c2ccccc2)CC1)C1CC1. The molecule has 112 valence electrons. The maximum Gasteiger partial charge on any atom is 0.242 e. The molecule has 1 saturated heterocycles. The van der Waals surface area contributed by atoms with Crippen LogP contribution in [-0.4, -0.2) is 49.4 Å². The van der Waals surface area contributed by atoms with Crippen molar-refractivity contribution in [3.8, 4) is 0 Å². The van der Waals surface area contributed by atoms with E-state index in [2.05, 4.69) is 22.3 Å². The largest absolute Gasteiger partial charge is 0.368 e. The first kappa shape index (κ1) is 13.9. The third-order valence-corrected chi connectivity index (χ3v) is 4.12. The highest BCUT2D eigenvalue weighted by Crippen LogP contribution is 2.28. The van der Waals surface area contributed by atoms with Crippen molar-refractivity contribution in [3.63, 3.8) is 0 Å². The summed E-state index contributed by atoms with van der Waals surface area (Å²) in [5, 5.41) is 2.74. The van der Waals surface area contributed by atoms with Gasteiger partial charge in [-0.3, -0.25) is 9.59 Å². The maximum atomic E-state index is 12.1. The Balaban J connectivity index is 1.44. The Morgan fingerprint density at radius 3 is 2.33 bits per heavy atom. The number of anilines is 1. The quantitative estimate of drug-likeness (QED) is 0.893. The molecule has 0 spiro atoms. The number of hydrogen-bond acceptors (Lipinski definition) is 3. The van der Waals surface area contributed by atoms with E-state index in [1.54, 1.807) is 0 Å². The maximum absolute atomic E-state index is 12.1. The lowest BCUT2D eigenvalue weighted by atomic mass is 10.2. The van der Waals surface area contributed by atoms with Crippen LogP contribution in [-0.2, 0) is 9.59 Å². The molecular weight excluding hydrogens is 266 g/mol. The van der Waals surface area contributed by atoms with Crippen LogP contribution in [0.25, 0.3) is 0 Å². The van der Waals surface area contributed by atoms with Crippen molar-refractivity contribution < 1.29 is 9.59 Å². The summed E-state index contributed by atoms with van der Waals surface area (Å²) in [7, 11) is 0. The lowest BCUT2D eigenvalue weighted by molar-refractivity contribution is -0.133. The van der Waals surface area contributed by atoms with E-state index < -0.39 is 0 Å². The van der Waals surface area contributed by atoms with Crippen molar-refractivity contribution in [2.75, 3.05) is 37.6 Å². The monoisotopic (exact) mass is 287 g/mol. The Morgan fingerprint density at radius 1 is 1.05 bits per heavy atom. The van der Waals surface area contributed by atoms with Crippen LogP contribution in [0.15, 0.2) is 30.3 Å². The van der Waals surface area contributed by atoms with Gasteiger partial charge in [0.05, 0.1) is 6.54 Å². The number of piperazine rings is 1. The molecule has 0 radical (unpaired) electrons. The fourth-order valence-electron chi connectivity index (χ4n) is 2.62. The highest BCUT2D eigenvalue weighted by Gasteiger charge is 2.30. The number of carbonyl (C=O) groups excluding carboxylic acids is 2. The average molecular weight is 287 g/mol. The number of para-hydroxylation sites is 1. The Kier molecular flexibility index (Phi) is 4.08. The van der Waals surface area contributed by atoms with E-state index in [0.29, 0.717) is 13.1 Å². The molecule has 1 aliphatic heterocycles. The number of carbonyl (C=O) groups is 2. The number of nitrogens with one attached hydrogen (secondary N) is 1. The molecule has 2 fully saturated rings. The van der Waals surface area contributed by atoms with Gasteiger partial charge in [-0.25, -0.2) is 0 Å². The van der Waals surface area contributed by atoms with Gasteiger partial charge in [0.2, 0.25) is 11.8 Å². The lowest BCUT2D eigenvalue weighted by Gasteiger charge is -2.36. The first-order valence-corrected chi connectivity index (χ1v) is 7.59. The zero-order valence-corrected chi connectivity index (χ0v) is 12.1. The van der Waals surface area contributed by atoms with Gasteiger partial charge in [-0.1, -0.05) is 18.2 Å². The van der Waals surface area contributed by atoms with Crippen LogP contribution in [0.4, 0.5) is 5.69 Å². The van der Waals surface area contributed by atoms with Crippen LogP contribution < -0.4 is 10.2 Å². The predicted octanol–water partition coefficient (Wildman–Crippen LogP) is 0.861. The Morgan fingerprint density at radius 2 is 1.71 bits per heavy atom. The number of nitrogens with zero attached hydrogens (tertiary/aromatic N) is 2. The third-order valence-electron chi connectivity index (χ3n) is 4.12. The zero-order valence-electron chi connectivity index (χ0n) is 12.1. The van der Waals surface area contributed by atoms with Gasteiger partial charge in [-0.2, -0.15) is 0 Å². The second-order valence-corrected chi connectivity index (χ2v) is 5.70. The van der Waals surface area contributed by atoms with E-state index in [0.717, 1.165) is 25.9 Å². The van der Waals surface area contributed by atoms with E-state index >= 15 is 0 Å². The minimum Gasteiger partial charge on any atom is -0.368 e. The molecule has 21 heavy (non-hydrogen) atoms. The minimum atomic E-state index is 0.0247. The summed E-state index contributed by atoms with van der Waals surface area (Å²) in [5.74, 6) is 0.218. The highest BCUT2D eigenvalue weighted by molar-refractivity contribution is 5.87.